The predicted molar refractivity (Wildman–Crippen MR) is 137 cm³/mol. The van der Waals surface area contributed by atoms with Gasteiger partial charge in [0.25, 0.3) is 0 Å². The van der Waals surface area contributed by atoms with Crippen molar-refractivity contribution in [3.05, 3.63) is 42.2 Å². The second-order valence-electron chi connectivity index (χ2n) is 10.1. The van der Waals surface area contributed by atoms with E-state index in [1.54, 1.807) is 6.33 Å². The fourth-order valence-electron chi connectivity index (χ4n) is 5.01. The third-order valence-electron chi connectivity index (χ3n) is 6.79. The Bertz CT molecular complexity index is 920. The van der Waals surface area contributed by atoms with Gasteiger partial charge in [-0.25, -0.2) is 9.97 Å². The summed E-state index contributed by atoms with van der Waals surface area (Å²) in [7, 11) is 6.01. The van der Waals surface area contributed by atoms with Crippen molar-refractivity contribution in [3.63, 3.8) is 0 Å². The summed E-state index contributed by atoms with van der Waals surface area (Å²) in [6.07, 6.45) is 6.29. The molecule has 186 valence electrons. The normalized spacial score (nSPS) is 21.3. The Balaban J connectivity index is 1.26. The van der Waals surface area contributed by atoms with E-state index >= 15 is 0 Å². The van der Waals surface area contributed by atoms with Gasteiger partial charge in [0.1, 0.15) is 30.3 Å². The predicted octanol–water partition coefficient (Wildman–Crippen LogP) is 2.48. The molecule has 8 heteroatoms. The van der Waals surface area contributed by atoms with Crippen LogP contribution < -0.4 is 14.5 Å². The number of aromatic nitrogens is 2. The average Bonchev–Trinajstić information content (AvgIpc) is 3.21. The lowest BCUT2D eigenvalue weighted by molar-refractivity contribution is 0.0279. The fraction of sp³-hybridized carbons (Fsp3) is 0.615. The highest BCUT2D eigenvalue weighted by molar-refractivity contribution is 5.50. The topological polar surface area (TPSA) is 68.2 Å². The number of likely N-dealkylation sites (tertiary alicyclic amines) is 1. The number of aliphatic hydroxyl groups is 1. The Morgan fingerprint density at radius 2 is 1.88 bits per heavy atom. The zero-order chi connectivity index (χ0) is 24.0. The number of β-amino-alcohol motifs (C(OH)–C–C–N with tert-alkyl or cyclic N) is 1. The van der Waals surface area contributed by atoms with Crippen LogP contribution in [-0.4, -0.2) is 97.5 Å². The summed E-state index contributed by atoms with van der Waals surface area (Å²) in [6, 6.07) is 10.3. The van der Waals surface area contributed by atoms with Gasteiger partial charge < -0.3 is 19.6 Å². The Kier molecular flexibility index (Phi) is 8.24. The summed E-state index contributed by atoms with van der Waals surface area (Å²) in [4.78, 5) is 17.5. The van der Waals surface area contributed by atoms with Crippen molar-refractivity contribution in [2.75, 3.05) is 76.8 Å². The minimum atomic E-state index is -0.763. The van der Waals surface area contributed by atoms with Gasteiger partial charge in [-0.05, 0) is 57.1 Å². The molecule has 1 atom stereocenters. The van der Waals surface area contributed by atoms with Crippen LogP contribution in [0.25, 0.3) is 0 Å². The number of likely N-dealkylation sites (N-methyl/N-ethyl adjacent to an activating group) is 1. The van der Waals surface area contributed by atoms with E-state index in [1.807, 2.05) is 31.1 Å². The molecule has 0 radical (unpaired) electrons. The highest BCUT2D eigenvalue weighted by atomic mass is 16.5. The van der Waals surface area contributed by atoms with E-state index in [9.17, 15) is 5.11 Å². The molecular formula is C26H40N6O2. The van der Waals surface area contributed by atoms with Crippen LogP contribution in [0.15, 0.2) is 36.7 Å². The first kappa shape index (κ1) is 24.7. The zero-order valence-electron chi connectivity index (χ0n) is 21.0. The van der Waals surface area contributed by atoms with E-state index in [1.165, 1.54) is 37.9 Å². The molecule has 1 N–H and O–H groups in total. The second kappa shape index (κ2) is 11.3. The van der Waals surface area contributed by atoms with Gasteiger partial charge in [-0.2, -0.15) is 0 Å². The van der Waals surface area contributed by atoms with Gasteiger partial charge in [0, 0.05) is 52.9 Å². The number of rotatable bonds is 10. The molecule has 2 aromatic rings. The fourth-order valence-corrected chi connectivity index (χ4v) is 5.01. The van der Waals surface area contributed by atoms with Gasteiger partial charge in [-0.1, -0.05) is 18.6 Å². The van der Waals surface area contributed by atoms with Gasteiger partial charge in [0.15, 0.2) is 0 Å². The number of ether oxygens (including phenoxy) is 1. The van der Waals surface area contributed by atoms with E-state index in [4.69, 9.17) is 4.74 Å². The maximum Gasteiger partial charge on any atom is 0.134 e. The van der Waals surface area contributed by atoms with Crippen molar-refractivity contribution in [3.8, 4) is 5.75 Å². The van der Waals surface area contributed by atoms with Gasteiger partial charge in [0.2, 0.25) is 0 Å². The summed E-state index contributed by atoms with van der Waals surface area (Å²) in [5, 5.41) is 11.3. The lowest BCUT2D eigenvalue weighted by Gasteiger charge is -2.29. The summed E-state index contributed by atoms with van der Waals surface area (Å²) in [6.45, 7) is 6.85. The van der Waals surface area contributed by atoms with Crippen molar-refractivity contribution >= 4 is 11.6 Å². The van der Waals surface area contributed by atoms with Crippen molar-refractivity contribution in [1.29, 1.82) is 0 Å². The molecule has 3 heterocycles. The van der Waals surface area contributed by atoms with E-state index < -0.39 is 5.60 Å². The molecule has 0 aliphatic carbocycles. The highest BCUT2D eigenvalue weighted by Gasteiger charge is 2.37. The first-order valence-electron chi connectivity index (χ1n) is 12.5. The molecule has 0 spiro atoms. The maximum atomic E-state index is 11.3. The number of piperidine rings is 1. The monoisotopic (exact) mass is 468 g/mol. The van der Waals surface area contributed by atoms with Crippen molar-refractivity contribution < 1.29 is 9.84 Å². The van der Waals surface area contributed by atoms with Gasteiger partial charge in [-0.15, -0.1) is 0 Å². The SMILES string of the molecule is CN(Cc1cccc(OCCN2CCCCC2)c1)C[C@]1(O)CCN(c2cc(N(C)C)ncn2)C1. The Morgan fingerprint density at radius 3 is 2.68 bits per heavy atom. The summed E-state index contributed by atoms with van der Waals surface area (Å²) >= 11 is 0. The third kappa shape index (κ3) is 6.81. The number of nitrogens with zero attached hydrogens (tertiary/aromatic N) is 6. The van der Waals surface area contributed by atoms with E-state index in [0.717, 1.165) is 50.0 Å². The van der Waals surface area contributed by atoms with Gasteiger partial charge >= 0.3 is 0 Å². The smallest absolute Gasteiger partial charge is 0.134 e. The van der Waals surface area contributed by atoms with Crippen LogP contribution in [0, 0.1) is 0 Å². The molecule has 2 aliphatic rings. The third-order valence-corrected chi connectivity index (χ3v) is 6.79. The van der Waals surface area contributed by atoms with Crippen molar-refractivity contribution in [1.82, 2.24) is 19.8 Å². The first-order chi connectivity index (χ1) is 16.4. The Hall–Kier alpha value is -2.42. The van der Waals surface area contributed by atoms with Crippen LogP contribution >= 0.6 is 0 Å². The molecule has 2 aliphatic heterocycles. The summed E-state index contributed by atoms with van der Waals surface area (Å²) in [5.74, 6) is 2.66. The average molecular weight is 469 g/mol. The molecule has 2 saturated heterocycles. The van der Waals surface area contributed by atoms with Gasteiger partial charge in [-0.3, -0.25) is 9.80 Å². The number of hydrogen-bond acceptors (Lipinski definition) is 8. The van der Waals surface area contributed by atoms with Crippen LogP contribution in [0.1, 0.15) is 31.2 Å². The number of hydrogen-bond donors (Lipinski definition) is 1. The number of anilines is 2. The lowest BCUT2D eigenvalue weighted by Crippen LogP contribution is -2.43. The molecule has 0 saturated carbocycles. The van der Waals surface area contributed by atoms with E-state index in [2.05, 4.69) is 49.9 Å². The first-order valence-corrected chi connectivity index (χ1v) is 12.5. The van der Waals surface area contributed by atoms with Crippen molar-refractivity contribution in [2.24, 2.45) is 0 Å². The summed E-state index contributed by atoms with van der Waals surface area (Å²) in [5.41, 5.74) is 0.434. The molecule has 0 bridgehead atoms. The Morgan fingerprint density at radius 1 is 1.06 bits per heavy atom. The molecular weight excluding hydrogens is 428 g/mol. The van der Waals surface area contributed by atoms with Crippen LogP contribution in [0.5, 0.6) is 5.75 Å². The largest absolute Gasteiger partial charge is 0.492 e. The standard InChI is InChI=1S/C26H40N6O2/c1-29(2)24-17-25(28-21-27-24)32-13-10-26(33,20-32)19-30(3)18-22-8-7-9-23(16-22)34-15-14-31-11-5-4-6-12-31/h7-9,16-17,21,33H,4-6,10-15,18-20H2,1-3H3/t26-/m1/s1. The van der Waals surface area contributed by atoms with E-state index in [-0.39, 0.29) is 0 Å². The van der Waals surface area contributed by atoms with Crippen LogP contribution in [0.3, 0.4) is 0 Å². The highest BCUT2D eigenvalue weighted by Crippen LogP contribution is 2.28. The summed E-state index contributed by atoms with van der Waals surface area (Å²) < 4.78 is 6.04. The van der Waals surface area contributed by atoms with Crippen LogP contribution in [-0.2, 0) is 6.54 Å². The molecule has 2 fully saturated rings. The zero-order valence-corrected chi connectivity index (χ0v) is 21.0. The molecule has 0 amide bonds. The van der Waals surface area contributed by atoms with Gasteiger partial charge in [0.05, 0.1) is 5.60 Å². The number of benzene rings is 1. The lowest BCUT2D eigenvalue weighted by atomic mass is 10.0. The second-order valence-corrected chi connectivity index (χ2v) is 10.1. The molecule has 1 aromatic heterocycles. The minimum Gasteiger partial charge on any atom is -0.492 e. The molecule has 1 aromatic carbocycles. The Labute approximate surface area is 204 Å². The van der Waals surface area contributed by atoms with Crippen LogP contribution in [0.2, 0.25) is 0 Å². The van der Waals surface area contributed by atoms with E-state index in [0.29, 0.717) is 13.1 Å². The molecule has 8 nitrogen and oxygen atoms in total. The van der Waals surface area contributed by atoms with Crippen LogP contribution in [0.4, 0.5) is 11.6 Å². The molecule has 34 heavy (non-hydrogen) atoms. The minimum absolute atomic E-state index is 0.570. The quantitative estimate of drug-likeness (QED) is 0.571. The molecule has 4 rings (SSSR count). The van der Waals surface area contributed by atoms with Crippen molar-refractivity contribution in [2.45, 2.75) is 37.8 Å². The molecule has 0 unspecified atom stereocenters. The maximum absolute atomic E-state index is 11.3.